The van der Waals surface area contributed by atoms with E-state index in [1.807, 2.05) is 4.90 Å². The molecule has 2 saturated heterocycles. The average molecular weight is 264 g/mol. The van der Waals surface area contributed by atoms with Crippen molar-refractivity contribution < 1.29 is 19.1 Å². The fourth-order valence-corrected chi connectivity index (χ4v) is 3.02. The van der Waals surface area contributed by atoms with Gasteiger partial charge in [-0.3, -0.25) is 4.79 Å². The maximum absolute atomic E-state index is 13.9. The third-order valence-electron chi connectivity index (χ3n) is 3.90. The third-order valence-corrected chi connectivity index (χ3v) is 3.90. The monoisotopic (exact) mass is 264 g/mol. The molecule has 3 rings (SSSR count). The lowest BCUT2D eigenvalue weighted by atomic mass is 10.1. The van der Waals surface area contributed by atoms with Crippen LogP contribution >= 0.6 is 0 Å². The van der Waals surface area contributed by atoms with Crippen molar-refractivity contribution in [3.8, 4) is 0 Å². The lowest BCUT2D eigenvalue weighted by Gasteiger charge is -2.34. The van der Waals surface area contributed by atoms with Gasteiger partial charge in [-0.25, -0.2) is 9.18 Å². The zero-order valence-electron chi connectivity index (χ0n) is 10.1. The molecule has 2 aliphatic heterocycles. The number of rotatable bonds is 2. The number of fused-ring (bicyclic) bond motifs is 2. The molecule has 19 heavy (non-hydrogen) atoms. The Bertz CT molecular complexity index is 549. The second-order valence-corrected chi connectivity index (χ2v) is 4.96. The van der Waals surface area contributed by atoms with E-state index in [4.69, 9.17) is 5.11 Å². The van der Waals surface area contributed by atoms with Crippen molar-refractivity contribution >= 4 is 18.1 Å². The van der Waals surface area contributed by atoms with E-state index in [0.717, 1.165) is 6.42 Å². The lowest BCUT2D eigenvalue weighted by molar-refractivity contribution is 0.112. The number of halogens is 1. The third kappa shape index (κ3) is 1.83. The number of carbonyl (C=O) groups is 2. The van der Waals surface area contributed by atoms with Crippen LogP contribution in [-0.4, -0.2) is 47.6 Å². The van der Waals surface area contributed by atoms with Gasteiger partial charge in [-0.2, -0.15) is 0 Å². The minimum absolute atomic E-state index is 0.00231. The van der Waals surface area contributed by atoms with E-state index in [-0.39, 0.29) is 17.9 Å². The molecule has 1 amide bonds. The van der Waals surface area contributed by atoms with E-state index >= 15 is 0 Å². The number of piperazine rings is 1. The standard InChI is InChI=1S/C13H13FN2O3/c14-11-2-1-8(7-17)3-12(11)15-5-10-4-9(15)6-16(10)13(18)19/h1-3,7,9-10H,4-6H2,(H,18,19)/t9-,10-/m0/s1. The van der Waals surface area contributed by atoms with Gasteiger partial charge >= 0.3 is 6.09 Å². The molecule has 0 saturated carbocycles. The average Bonchev–Trinajstić information content (AvgIpc) is 2.99. The molecule has 2 aliphatic rings. The number of nitrogens with zero attached hydrogens (tertiary/aromatic N) is 2. The number of benzene rings is 1. The molecule has 2 bridgehead atoms. The van der Waals surface area contributed by atoms with E-state index in [1.165, 1.54) is 23.1 Å². The second-order valence-electron chi connectivity index (χ2n) is 4.96. The van der Waals surface area contributed by atoms with Crippen LogP contribution < -0.4 is 4.90 Å². The number of amides is 1. The molecule has 0 aromatic heterocycles. The predicted molar refractivity (Wildman–Crippen MR) is 66.1 cm³/mol. The molecular formula is C13H13FN2O3. The van der Waals surface area contributed by atoms with Gasteiger partial charge in [0.2, 0.25) is 0 Å². The summed E-state index contributed by atoms with van der Waals surface area (Å²) >= 11 is 0. The number of hydrogen-bond donors (Lipinski definition) is 1. The molecule has 2 fully saturated rings. The second kappa shape index (κ2) is 4.22. The Balaban J connectivity index is 1.87. The smallest absolute Gasteiger partial charge is 0.407 e. The van der Waals surface area contributed by atoms with Crippen molar-refractivity contribution in [2.45, 2.75) is 18.5 Å². The SMILES string of the molecule is O=Cc1ccc(F)c(N2C[C@@H]3C[C@H]2CN3C(=O)O)c1. The Morgan fingerprint density at radius 1 is 1.37 bits per heavy atom. The number of aldehydes is 1. The lowest BCUT2D eigenvalue weighted by Crippen LogP contribution is -2.48. The van der Waals surface area contributed by atoms with Gasteiger partial charge in [0.15, 0.2) is 0 Å². The number of carboxylic acid groups (broad SMARTS) is 1. The van der Waals surface area contributed by atoms with Gasteiger partial charge in [0.05, 0.1) is 11.7 Å². The van der Waals surface area contributed by atoms with Crippen molar-refractivity contribution in [1.29, 1.82) is 0 Å². The molecule has 1 aromatic rings. The molecule has 0 spiro atoms. The molecular weight excluding hydrogens is 251 g/mol. The largest absolute Gasteiger partial charge is 0.465 e. The molecule has 100 valence electrons. The fraction of sp³-hybridized carbons (Fsp3) is 0.385. The summed E-state index contributed by atoms with van der Waals surface area (Å²) in [4.78, 5) is 25.0. The van der Waals surface area contributed by atoms with E-state index in [9.17, 15) is 14.0 Å². The maximum atomic E-state index is 13.9. The molecule has 1 aromatic carbocycles. The van der Waals surface area contributed by atoms with Crippen LogP contribution in [0.25, 0.3) is 0 Å². The van der Waals surface area contributed by atoms with E-state index in [2.05, 4.69) is 0 Å². The first-order chi connectivity index (χ1) is 9.10. The fourth-order valence-electron chi connectivity index (χ4n) is 3.02. The first kappa shape index (κ1) is 12.0. The highest BCUT2D eigenvalue weighted by atomic mass is 19.1. The quantitative estimate of drug-likeness (QED) is 0.824. The summed E-state index contributed by atoms with van der Waals surface area (Å²) in [7, 11) is 0. The van der Waals surface area contributed by atoms with Crippen LogP contribution in [0.3, 0.4) is 0 Å². The molecule has 0 radical (unpaired) electrons. The molecule has 5 nitrogen and oxygen atoms in total. The topological polar surface area (TPSA) is 60.9 Å². The van der Waals surface area contributed by atoms with Crippen molar-refractivity contribution in [3.05, 3.63) is 29.6 Å². The maximum Gasteiger partial charge on any atom is 0.407 e. The Labute approximate surface area is 109 Å². The number of anilines is 1. The van der Waals surface area contributed by atoms with Gasteiger partial charge in [0.25, 0.3) is 0 Å². The summed E-state index contributed by atoms with van der Waals surface area (Å²) < 4.78 is 13.9. The molecule has 2 atom stereocenters. The first-order valence-corrected chi connectivity index (χ1v) is 6.11. The molecule has 1 N–H and O–H groups in total. The summed E-state index contributed by atoms with van der Waals surface area (Å²) in [6, 6.07) is 4.15. The van der Waals surface area contributed by atoms with Gasteiger partial charge in [0, 0.05) is 24.7 Å². The Morgan fingerprint density at radius 3 is 2.74 bits per heavy atom. The van der Waals surface area contributed by atoms with Gasteiger partial charge in [-0.05, 0) is 24.6 Å². The highest BCUT2D eigenvalue weighted by Gasteiger charge is 2.46. The highest BCUT2D eigenvalue weighted by Crippen LogP contribution is 2.35. The van der Waals surface area contributed by atoms with Crippen molar-refractivity contribution in [3.63, 3.8) is 0 Å². The summed E-state index contributed by atoms with van der Waals surface area (Å²) in [6.45, 7) is 0.876. The summed E-state index contributed by atoms with van der Waals surface area (Å²) in [5.74, 6) is -0.375. The van der Waals surface area contributed by atoms with Crippen molar-refractivity contribution in [2.24, 2.45) is 0 Å². The van der Waals surface area contributed by atoms with Gasteiger partial charge in [0.1, 0.15) is 12.1 Å². The van der Waals surface area contributed by atoms with Gasteiger partial charge in [-0.1, -0.05) is 0 Å². The first-order valence-electron chi connectivity index (χ1n) is 6.11. The van der Waals surface area contributed by atoms with E-state index in [0.29, 0.717) is 30.6 Å². The van der Waals surface area contributed by atoms with E-state index < -0.39 is 6.09 Å². The summed E-state index contributed by atoms with van der Waals surface area (Å²) in [5.41, 5.74) is 0.816. The zero-order valence-corrected chi connectivity index (χ0v) is 10.1. The Morgan fingerprint density at radius 2 is 2.16 bits per heavy atom. The summed E-state index contributed by atoms with van der Waals surface area (Å²) in [6.07, 6.45) is 0.479. The highest BCUT2D eigenvalue weighted by molar-refractivity contribution is 5.77. The molecule has 0 unspecified atom stereocenters. The predicted octanol–water partition coefficient (Wildman–Crippen LogP) is 1.58. The zero-order chi connectivity index (χ0) is 13.6. The van der Waals surface area contributed by atoms with Crippen molar-refractivity contribution in [2.75, 3.05) is 18.0 Å². The Kier molecular flexibility index (Phi) is 2.66. The van der Waals surface area contributed by atoms with Crippen LogP contribution in [0.4, 0.5) is 14.9 Å². The van der Waals surface area contributed by atoms with Crippen LogP contribution in [0, 0.1) is 5.82 Å². The number of hydrogen-bond acceptors (Lipinski definition) is 3. The van der Waals surface area contributed by atoms with Crippen LogP contribution in [0.2, 0.25) is 0 Å². The molecule has 6 heteroatoms. The minimum atomic E-state index is -0.922. The van der Waals surface area contributed by atoms with E-state index in [1.54, 1.807) is 0 Å². The minimum Gasteiger partial charge on any atom is -0.465 e. The molecule has 0 aliphatic carbocycles. The number of carbonyl (C=O) groups excluding carboxylic acids is 1. The van der Waals surface area contributed by atoms with Crippen LogP contribution in [0.5, 0.6) is 0 Å². The Hall–Kier alpha value is -2.11. The van der Waals surface area contributed by atoms with Crippen LogP contribution in [0.1, 0.15) is 16.8 Å². The van der Waals surface area contributed by atoms with Crippen LogP contribution in [0.15, 0.2) is 18.2 Å². The van der Waals surface area contributed by atoms with Crippen LogP contribution in [-0.2, 0) is 0 Å². The van der Waals surface area contributed by atoms with Crippen molar-refractivity contribution in [1.82, 2.24) is 4.90 Å². The normalized spacial score (nSPS) is 24.9. The molecule has 2 heterocycles. The van der Waals surface area contributed by atoms with Gasteiger partial charge < -0.3 is 14.9 Å². The number of likely N-dealkylation sites (tertiary alicyclic amines) is 1. The van der Waals surface area contributed by atoms with Gasteiger partial charge in [-0.15, -0.1) is 0 Å². The summed E-state index contributed by atoms with van der Waals surface area (Å²) in [5, 5.41) is 9.02.